The molecule has 0 saturated carbocycles. The first kappa shape index (κ1) is 8.72. The lowest BCUT2D eigenvalue weighted by Gasteiger charge is -2.10. The number of aldehydes is 1. The van der Waals surface area contributed by atoms with Crippen LogP contribution in [0.3, 0.4) is 0 Å². The Hall–Kier alpha value is -1.57. The maximum atomic E-state index is 11.0. The highest BCUT2D eigenvalue weighted by Crippen LogP contribution is 2.28. The lowest BCUT2D eigenvalue weighted by molar-refractivity contribution is 0.112. The van der Waals surface area contributed by atoms with Crippen LogP contribution in [-0.2, 0) is 0 Å². The van der Waals surface area contributed by atoms with E-state index in [0.717, 1.165) is 16.5 Å². The summed E-state index contributed by atoms with van der Waals surface area (Å²) >= 11 is 0. The molecule has 0 radical (unpaired) electrons. The molecule has 2 rings (SSSR count). The second-order valence-electron chi connectivity index (χ2n) is 4.07. The Morgan fingerprint density at radius 1 is 1.13 bits per heavy atom. The van der Waals surface area contributed by atoms with Crippen LogP contribution in [0.4, 0.5) is 0 Å². The fraction of sp³-hybridized carbons (Fsp3) is 0.308. The van der Waals surface area contributed by atoms with Gasteiger partial charge in [-0.05, 0) is 56.0 Å². The summed E-state index contributed by atoms with van der Waals surface area (Å²) in [6, 6.07) is 1.78. The number of aromatic nitrogens is 1. The largest absolute Gasteiger partial charge is 0.352 e. The number of carbonyl (C=O) groups excluding carboxylic acids is 1. The van der Waals surface area contributed by atoms with Crippen LogP contribution in [0, 0.1) is 27.7 Å². The molecule has 0 bridgehead atoms. The van der Waals surface area contributed by atoms with E-state index in [9.17, 15) is 4.79 Å². The molecule has 1 heterocycles. The van der Waals surface area contributed by atoms with Gasteiger partial charge in [0.1, 0.15) is 1.37 Å². The highest BCUT2D eigenvalue weighted by molar-refractivity contribution is 5.93. The van der Waals surface area contributed by atoms with Gasteiger partial charge in [0.2, 0.25) is 0 Å². The standard InChI is InChI=1S/C13H15NO/c1-7-8(2)10(4)13-12(9(7)3)5-11(6-15)14-13/h5-6,14H,1-4H3/i6D. The molecule has 0 aliphatic rings. The summed E-state index contributed by atoms with van der Waals surface area (Å²) in [5, 5.41) is 1.05. The molecule has 1 aromatic carbocycles. The van der Waals surface area contributed by atoms with Gasteiger partial charge < -0.3 is 4.98 Å². The van der Waals surface area contributed by atoms with Crippen LogP contribution in [0.5, 0.6) is 0 Å². The van der Waals surface area contributed by atoms with E-state index in [2.05, 4.69) is 25.8 Å². The van der Waals surface area contributed by atoms with Crippen LogP contribution >= 0.6 is 0 Å². The van der Waals surface area contributed by atoms with Crippen molar-refractivity contribution in [3.63, 3.8) is 0 Å². The Morgan fingerprint density at radius 2 is 1.73 bits per heavy atom. The number of hydrogen-bond donors (Lipinski definition) is 1. The normalized spacial score (nSPS) is 11.9. The number of hydrogen-bond acceptors (Lipinski definition) is 1. The molecule has 0 aliphatic carbocycles. The first-order chi connectivity index (χ1) is 7.43. The van der Waals surface area contributed by atoms with Gasteiger partial charge >= 0.3 is 0 Å². The van der Waals surface area contributed by atoms with Gasteiger partial charge in [-0.1, -0.05) is 0 Å². The second-order valence-corrected chi connectivity index (χ2v) is 4.07. The highest BCUT2D eigenvalue weighted by atomic mass is 16.1. The van der Waals surface area contributed by atoms with Crippen molar-refractivity contribution in [3.8, 4) is 0 Å². The molecule has 0 aliphatic heterocycles. The van der Waals surface area contributed by atoms with Crippen molar-refractivity contribution >= 4 is 17.2 Å². The summed E-state index contributed by atoms with van der Waals surface area (Å²) in [5.41, 5.74) is 6.19. The minimum Gasteiger partial charge on any atom is -0.352 e. The highest BCUT2D eigenvalue weighted by Gasteiger charge is 2.11. The zero-order valence-corrected chi connectivity index (χ0v) is 9.49. The summed E-state index contributed by atoms with van der Waals surface area (Å²) in [6.07, 6.45) is -0.662. The average Bonchev–Trinajstić information content (AvgIpc) is 2.68. The molecule has 0 atom stereocenters. The number of nitrogens with one attached hydrogen (secondary N) is 1. The molecule has 0 spiro atoms. The molecule has 78 valence electrons. The van der Waals surface area contributed by atoms with Crippen molar-refractivity contribution in [2.75, 3.05) is 0 Å². The summed E-state index contributed by atoms with van der Waals surface area (Å²) in [6.45, 7) is 8.27. The smallest absolute Gasteiger partial charge is 0.166 e. The lowest BCUT2D eigenvalue weighted by Crippen LogP contribution is -1.92. The summed E-state index contributed by atoms with van der Waals surface area (Å²) in [5.74, 6) is 0. The Labute approximate surface area is 90.7 Å². The van der Waals surface area contributed by atoms with Crippen LogP contribution in [0.25, 0.3) is 10.9 Å². The van der Waals surface area contributed by atoms with E-state index in [4.69, 9.17) is 1.37 Å². The quantitative estimate of drug-likeness (QED) is 0.708. The van der Waals surface area contributed by atoms with E-state index in [1.807, 2.05) is 6.92 Å². The third-order valence-electron chi connectivity index (χ3n) is 3.39. The molecule has 1 N–H and O–H groups in total. The van der Waals surface area contributed by atoms with Gasteiger partial charge in [0, 0.05) is 10.9 Å². The fourth-order valence-electron chi connectivity index (χ4n) is 2.05. The summed E-state index contributed by atoms with van der Waals surface area (Å²) < 4.78 is 7.13. The minimum atomic E-state index is -0.662. The van der Waals surface area contributed by atoms with Crippen LogP contribution in [-0.4, -0.2) is 11.2 Å². The lowest BCUT2D eigenvalue weighted by atomic mass is 9.96. The topological polar surface area (TPSA) is 32.9 Å². The van der Waals surface area contributed by atoms with E-state index >= 15 is 0 Å². The molecule has 2 aromatic rings. The van der Waals surface area contributed by atoms with Crippen molar-refractivity contribution in [2.45, 2.75) is 27.7 Å². The number of rotatable bonds is 1. The van der Waals surface area contributed by atoms with Gasteiger partial charge in [-0.15, -0.1) is 0 Å². The summed E-state index contributed by atoms with van der Waals surface area (Å²) in [7, 11) is 0. The monoisotopic (exact) mass is 202 g/mol. The van der Waals surface area contributed by atoms with E-state index in [1.165, 1.54) is 16.7 Å². The first-order valence-corrected chi connectivity index (χ1v) is 5.03. The van der Waals surface area contributed by atoms with E-state index < -0.39 is 6.26 Å². The van der Waals surface area contributed by atoms with Gasteiger partial charge in [0.25, 0.3) is 0 Å². The Balaban J connectivity index is 2.92. The first-order valence-electron chi connectivity index (χ1n) is 5.53. The number of aromatic amines is 1. The van der Waals surface area contributed by atoms with E-state index in [-0.39, 0.29) is 0 Å². The second kappa shape index (κ2) is 3.23. The Morgan fingerprint density at radius 3 is 2.33 bits per heavy atom. The Kier molecular flexibility index (Phi) is 1.88. The number of H-pyrrole nitrogens is 1. The van der Waals surface area contributed by atoms with Crippen molar-refractivity contribution < 1.29 is 6.17 Å². The van der Waals surface area contributed by atoms with Crippen molar-refractivity contribution in [2.24, 2.45) is 0 Å². The molecule has 0 unspecified atom stereocenters. The van der Waals surface area contributed by atoms with Gasteiger partial charge in [-0.25, -0.2) is 0 Å². The molecule has 0 fully saturated rings. The van der Waals surface area contributed by atoms with Crippen molar-refractivity contribution in [1.29, 1.82) is 0 Å². The van der Waals surface area contributed by atoms with Crippen molar-refractivity contribution in [1.82, 2.24) is 4.98 Å². The zero-order chi connectivity index (χ0) is 12.0. The van der Waals surface area contributed by atoms with Gasteiger partial charge in [0.15, 0.2) is 6.26 Å². The maximum Gasteiger partial charge on any atom is 0.166 e. The molecular formula is C13H15NO. The number of carbonyl (C=O) groups is 1. The number of fused-ring (bicyclic) bond motifs is 1. The van der Waals surface area contributed by atoms with E-state index in [0.29, 0.717) is 5.69 Å². The summed E-state index contributed by atoms with van der Waals surface area (Å²) in [4.78, 5) is 14.1. The molecule has 1 aromatic heterocycles. The van der Waals surface area contributed by atoms with Crippen molar-refractivity contribution in [3.05, 3.63) is 34.0 Å². The third kappa shape index (κ3) is 1.29. The van der Waals surface area contributed by atoms with Crippen LogP contribution in [0.2, 0.25) is 0 Å². The SMILES string of the molecule is [2H]C(=O)c1cc2c(C)c(C)c(C)c(C)c2[nH]1. The third-order valence-corrected chi connectivity index (χ3v) is 3.39. The molecule has 0 saturated heterocycles. The molecular weight excluding hydrogens is 186 g/mol. The number of benzene rings is 1. The van der Waals surface area contributed by atoms with Gasteiger partial charge in [0.05, 0.1) is 5.69 Å². The predicted molar refractivity (Wildman–Crippen MR) is 62.6 cm³/mol. The fourth-order valence-corrected chi connectivity index (χ4v) is 2.05. The molecule has 0 amide bonds. The minimum absolute atomic E-state index is 0.367. The van der Waals surface area contributed by atoms with Gasteiger partial charge in [-0.2, -0.15) is 0 Å². The van der Waals surface area contributed by atoms with Crippen LogP contribution in [0.1, 0.15) is 34.1 Å². The number of aryl methyl sites for hydroxylation is 2. The molecule has 2 nitrogen and oxygen atoms in total. The average molecular weight is 202 g/mol. The van der Waals surface area contributed by atoms with Crippen LogP contribution in [0.15, 0.2) is 6.07 Å². The predicted octanol–water partition coefficient (Wildman–Crippen LogP) is 3.21. The molecule has 15 heavy (non-hydrogen) atoms. The zero-order valence-electron chi connectivity index (χ0n) is 10.5. The van der Waals surface area contributed by atoms with E-state index in [1.54, 1.807) is 6.07 Å². The molecule has 2 heteroatoms. The van der Waals surface area contributed by atoms with Crippen LogP contribution < -0.4 is 0 Å². The maximum absolute atomic E-state index is 11.0. The Bertz CT molecular complexity index is 551. The van der Waals surface area contributed by atoms with Gasteiger partial charge in [-0.3, -0.25) is 4.79 Å².